The van der Waals surface area contributed by atoms with E-state index in [4.69, 9.17) is 9.72 Å². The molecule has 5 rings (SSSR count). The van der Waals surface area contributed by atoms with Crippen LogP contribution in [0.3, 0.4) is 0 Å². The van der Waals surface area contributed by atoms with Gasteiger partial charge in [0, 0.05) is 57.5 Å². The number of aromatic nitrogens is 2. The molecule has 36 heavy (non-hydrogen) atoms. The standard InChI is InChI=1S/C28H40N6O2/c35-27(22-36-21-23-8-4-3-5-9-23)33-18-12-25(13-19-33)34-17-11-24(20-34)30-28-29-14-10-26(31-28)32-15-6-1-2-7-16-32/h3-5,8-10,14,24-25H,1-2,6-7,11-13,15-22H2,(H,29,30,31). The Balaban J connectivity index is 1.04. The van der Waals surface area contributed by atoms with Gasteiger partial charge < -0.3 is 19.9 Å². The van der Waals surface area contributed by atoms with E-state index in [1.807, 2.05) is 47.5 Å². The number of carbonyl (C=O) groups is 1. The number of anilines is 2. The summed E-state index contributed by atoms with van der Waals surface area (Å²) in [6.07, 6.45) is 10.2. The molecule has 1 aromatic carbocycles. The number of carbonyl (C=O) groups excluding carboxylic acids is 1. The van der Waals surface area contributed by atoms with Crippen molar-refractivity contribution in [2.45, 2.75) is 63.6 Å². The third-order valence-electron chi connectivity index (χ3n) is 7.79. The third kappa shape index (κ3) is 6.73. The van der Waals surface area contributed by atoms with Gasteiger partial charge in [-0.1, -0.05) is 43.2 Å². The summed E-state index contributed by atoms with van der Waals surface area (Å²) in [4.78, 5) is 28.9. The monoisotopic (exact) mass is 492 g/mol. The van der Waals surface area contributed by atoms with Crippen LogP contribution in [0.2, 0.25) is 0 Å². The molecule has 2 aromatic rings. The Morgan fingerprint density at radius 3 is 2.50 bits per heavy atom. The van der Waals surface area contributed by atoms with Crippen LogP contribution >= 0.6 is 0 Å². The van der Waals surface area contributed by atoms with Crippen molar-refractivity contribution in [1.29, 1.82) is 0 Å². The van der Waals surface area contributed by atoms with Gasteiger partial charge in [0.15, 0.2) is 0 Å². The normalized spacial score (nSPS) is 21.9. The molecule has 3 saturated heterocycles. The van der Waals surface area contributed by atoms with Gasteiger partial charge in [-0.3, -0.25) is 9.69 Å². The highest BCUT2D eigenvalue weighted by molar-refractivity contribution is 5.77. The lowest BCUT2D eigenvalue weighted by molar-refractivity contribution is -0.138. The van der Waals surface area contributed by atoms with E-state index in [0.29, 0.717) is 18.7 Å². The average Bonchev–Trinajstić information content (AvgIpc) is 3.21. The van der Waals surface area contributed by atoms with Crippen molar-refractivity contribution in [3.63, 3.8) is 0 Å². The van der Waals surface area contributed by atoms with Gasteiger partial charge in [-0.2, -0.15) is 4.98 Å². The fourth-order valence-corrected chi connectivity index (χ4v) is 5.72. The molecule has 0 radical (unpaired) electrons. The summed E-state index contributed by atoms with van der Waals surface area (Å²) in [5.41, 5.74) is 1.10. The maximum Gasteiger partial charge on any atom is 0.248 e. The molecule has 3 aliphatic heterocycles. The molecule has 1 N–H and O–H groups in total. The molecule has 1 aromatic heterocycles. The molecule has 4 heterocycles. The molecule has 1 atom stereocenters. The Bertz CT molecular complexity index is 958. The van der Waals surface area contributed by atoms with Gasteiger partial charge in [-0.05, 0) is 43.7 Å². The molecule has 0 bridgehead atoms. The van der Waals surface area contributed by atoms with Crippen LogP contribution in [0.5, 0.6) is 0 Å². The Labute approximate surface area is 215 Å². The lowest BCUT2D eigenvalue weighted by atomic mass is 10.0. The summed E-state index contributed by atoms with van der Waals surface area (Å²) < 4.78 is 5.66. The lowest BCUT2D eigenvalue weighted by Crippen LogP contribution is -2.47. The van der Waals surface area contributed by atoms with Crippen molar-refractivity contribution in [2.75, 3.05) is 56.1 Å². The van der Waals surface area contributed by atoms with Gasteiger partial charge in [0.2, 0.25) is 11.9 Å². The summed E-state index contributed by atoms with van der Waals surface area (Å²) in [6, 6.07) is 13.0. The predicted molar refractivity (Wildman–Crippen MR) is 142 cm³/mol. The number of hydrogen-bond acceptors (Lipinski definition) is 7. The zero-order valence-corrected chi connectivity index (χ0v) is 21.4. The van der Waals surface area contributed by atoms with Crippen LogP contribution in [0.15, 0.2) is 42.6 Å². The lowest BCUT2D eigenvalue weighted by Gasteiger charge is -2.36. The number of piperidine rings is 1. The van der Waals surface area contributed by atoms with Crippen molar-refractivity contribution in [3.05, 3.63) is 48.2 Å². The Kier molecular flexibility index (Phi) is 8.67. The molecular weight excluding hydrogens is 452 g/mol. The largest absolute Gasteiger partial charge is 0.367 e. The first kappa shape index (κ1) is 25.0. The minimum atomic E-state index is 0.104. The molecule has 194 valence electrons. The first-order valence-corrected chi connectivity index (χ1v) is 13.7. The summed E-state index contributed by atoms with van der Waals surface area (Å²) in [5, 5.41) is 3.60. The highest BCUT2D eigenvalue weighted by Gasteiger charge is 2.32. The molecule has 1 amide bonds. The van der Waals surface area contributed by atoms with E-state index in [1.165, 1.54) is 25.7 Å². The second-order valence-electron chi connectivity index (χ2n) is 10.4. The molecule has 0 saturated carbocycles. The zero-order valence-electron chi connectivity index (χ0n) is 21.4. The van der Waals surface area contributed by atoms with Crippen molar-refractivity contribution < 1.29 is 9.53 Å². The van der Waals surface area contributed by atoms with E-state index in [1.54, 1.807) is 0 Å². The van der Waals surface area contributed by atoms with Gasteiger partial charge in [0.05, 0.1) is 6.61 Å². The first-order chi connectivity index (χ1) is 17.7. The van der Waals surface area contributed by atoms with E-state index in [2.05, 4.69) is 20.1 Å². The van der Waals surface area contributed by atoms with Crippen LogP contribution in [-0.4, -0.2) is 83.6 Å². The molecule has 3 aliphatic rings. The molecule has 8 heteroatoms. The maximum absolute atomic E-state index is 12.6. The van der Waals surface area contributed by atoms with Gasteiger partial charge >= 0.3 is 0 Å². The van der Waals surface area contributed by atoms with Crippen LogP contribution in [0.4, 0.5) is 11.8 Å². The zero-order chi connectivity index (χ0) is 24.6. The number of nitrogens with zero attached hydrogens (tertiary/aromatic N) is 5. The summed E-state index contributed by atoms with van der Waals surface area (Å²) in [6.45, 7) is 6.55. The fourth-order valence-electron chi connectivity index (χ4n) is 5.72. The van der Waals surface area contributed by atoms with Crippen LogP contribution in [-0.2, 0) is 16.1 Å². The van der Waals surface area contributed by atoms with Crippen LogP contribution in [0, 0.1) is 0 Å². The van der Waals surface area contributed by atoms with Crippen LogP contribution in [0.1, 0.15) is 50.5 Å². The van der Waals surface area contributed by atoms with Gasteiger partial charge in [-0.15, -0.1) is 0 Å². The van der Waals surface area contributed by atoms with E-state index < -0.39 is 0 Å². The number of amides is 1. The topological polar surface area (TPSA) is 73.8 Å². The Morgan fingerprint density at radius 1 is 0.944 bits per heavy atom. The van der Waals surface area contributed by atoms with Crippen molar-refractivity contribution in [3.8, 4) is 0 Å². The van der Waals surface area contributed by atoms with Crippen molar-refractivity contribution in [1.82, 2.24) is 19.8 Å². The molecule has 1 unspecified atom stereocenters. The number of likely N-dealkylation sites (tertiary alicyclic amines) is 2. The Morgan fingerprint density at radius 2 is 1.72 bits per heavy atom. The van der Waals surface area contributed by atoms with E-state index in [9.17, 15) is 4.79 Å². The van der Waals surface area contributed by atoms with Gasteiger partial charge in [-0.25, -0.2) is 4.98 Å². The quantitative estimate of drug-likeness (QED) is 0.604. The average molecular weight is 493 g/mol. The minimum Gasteiger partial charge on any atom is -0.367 e. The van der Waals surface area contributed by atoms with Crippen molar-refractivity contribution in [2.24, 2.45) is 0 Å². The first-order valence-electron chi connectivity index (χ1n) is 13.7. The highest BCUT2D eigenvalue weighted by atomic mass is 16.5. The smallest absolute Gasteiger partial charge is 0.248 e. The summed E-state index contributed by atoms with van der Waals surface area (Å²) in [7, 11) is 0. The second kappa shape index (κ2) is 12.5. The fraction of sp³-hybridized carbons (Fsp3) is 0.607. The van der Waals surface area contributed by atoms with Crippen molar-refractivity contribution >= 4 is 17.7 Å². The second-order valence-corrected chi connectivity index (χ2v) is 10.4. The number of nitrogens with one attached hydrogen (secondary N) is 1. The molecule has 8 nitrogen and oxygen atoms in total. The van der Waals surface area contributed by atoms with E-state index in [0.717, 1.165) is 75.9 Å². The number of benzene rings is 1. The Hall–Kier alpha value is -2.71. The minimum absolute atomic E-state index is 0.104. The molecular formula is C28H40N6O2. The van der Waals surface area contributed by atoms with Gasteiger partial charge in [0.1, 0.15) is 12.4 Å². The highest BCUT2D eigenvalue weighted by Crippen LogP contribution is 2.24. The number of ether oxygens (including phenoxy) is 1. The molecule has 0 spiro atoms. The SMILES string of the molecule is O=C(COCc1ccccc1)N1CCC(N2CCC(Nc3nccc(N4CCCCCC4)n3)C2)CC1. The summed E-state index contributed by atoms with van der Waals surface area (Å²) in [5.74, 6) is 1.90. The van der Waals surface area contributed by atoms with Crippen LogP contribution in [0.25, 0.3) is 0 Å². The molecule has 3 fully saturated rings. The number of rotatable bonds is 8. The van der Waals surface area contributed by atoms with E-state index in [-0.39, 0.29) is 12.5 Å². The molecule has 0 aliphatic carbocycles. The number of hydrogen-bond donors (Lipinski definition) is 1. The third-order valence-corrected chi connectivity index (χ3v) is 7.79. The maximum atomic E-state index is 12.6. The van der Waals surface area contributed by atoms with E-state index >= 15 is 0 Å². The van der Waals surface area contributed by atoms with Gasteiger partial charge in [0.25, 0.3) is 0 Å². The van der Waals surface area contributed by atoms with Crippen LogP contribution < -0.4 is 10.2 Å². The predicted octanol–water partition coefficient (Wildman–Crippen LogP) is 3.55. The summed E-state index contributed by atoms with van der Waals surface area (Å²) >= 11 is 0.